The van der Waals surface area contributed by atoms with E-state index in [2.05, 4.69) is 15.4 Å². The summed E-state index contributed by atoms with van der Waals surface area (Å²) in [4.78, 5) is 15.0. The summed E-state index contributed by atoms with van der Waals surface area (Å²) in [6.07, 6.45) is 3.84. The number of nitrogens with two attached hydrogens (primary N) is 1. The van der Waals surface area contributed by atoms with Crippen LogP contribution in [-0.2, 0) is 17.8 Å². The van der Waals surface area contributed by atoms with Gasteiger partial charge >= 0.3 is 6.09 Å². The number of halogens is 1. The molecule has 6 N–H and O–H groups in total. The molecule has 0 aliphatic rings. The molecule has 0 aliphatic carbocycles. The summed E-state index contributed by atoms with van der Waals surface area (Å²) in [6.45, 7) is 0.761. The second-order valence-corrected chi connectivity index (χ2v) is 5.64. The molecule has 0 saturated heterocycles. The van der Waals surface area contributed by atoms with Crippen LogP contribution in [-0.4, -0.2) is 29.3 Å². The fourth-order valence-corrected chi connectivity index (χ4v) is 2.64. The monoisotopic (exact) mass is 390 g/mol. The van der Waals surface area contributed by atoms with Gasteiger partial charge in [-0.1, -0.05) is 36.4 Å². The van der Waals surface area contributed by atoms with Gasteiger partial charge in [0.15, 0.2) is 0 Å². The zero-order chi connectivity index (χ0) is 17.5. The van der Waals surface area contributed by atoms with Crippen molar-refractivity contribution in [2.75, 3.05) is 6.54 Å². The number of hydrogen-bond donors (Lipinski definition) is 3. The molecule has 0 fully saturated rings. The lowest BCUT2D eigenvalue weighted by Gasteiger charge is -2.07. The van der Waals surface area contributed by atoms with Crippen LogP contribution in [0.2, 0.25) is 0 Å². The molecule has 1 amide bonds. The van der Waals surface area contributed by atoms with Gasteiger partial charge in [-0.3, -0.25) is 0 Å². The third-order valence-corrected chi connectivity index (χ3v) is 3.89. The lowest BCUT2D eigenvalue weighted by atomic mass is 10.1. The summed E-state index contributed by atoms with van der Waals surface area (Å²) in [5, 5.41) is 7.42. The van der Waals surface area contributed by atoms with E-state index >= 15 is 0 Å². The number of alkyl carbamates (subject to hydrolysis) is 1. The van der Waals surface area contributed by atoms with Crippen LogP contribution < -0.4 is 11.2 Å². The number of benzene rings is 2. The molecule has 0 saturated carbocycles. The van der Waals surface area contributed by atoms with Crippen molar-refractivity contribution >= 4 is 35.6 Å². The average Bonchev–Trinajstić information content (AvgIpc) is 3.04. The van der Waals surface area contributed by atoms with Crippen molar-refractivity contribution < 1.29 is 15.0 Å². The summed E-state index contributed by atoms with van der Waals surface area (Å²) in [5.41, 5.74) is 4.05. The number of carbonyl (C=O) groups is 1. The van der Waals surface area contributed by atoms with Crippen molar-refractivity contribution in [1.29, 1.82) is 0 Å². The molecule has 144 valence electrons. The molecule has 0 spiro atoms. The zero-order valence-electron chi connectivity index (χ0n) is 14.6. The van der Waals surface area contributed by atoms with E-state index in [4.69, 9.17) is 10.6 Å². The third-order valence-electron chi connectivity index (χ3n) is 3.89. The van der Waals surface area contributed by atoms with Gasteiger partial charge < -0.3 is 26.4 Å². The van der Waals surface area contributed by atoms with Crippen molar-refractivity contribution in [3.63, 3.8) is 0 Å². The number of aromatic nitrogens is 1. The summed E-state index contributed by atoms with van der Waals surface area (Å²) in [5.74, 6) is 5.20. The number of H-pyrrole nitrogens is 1. The van der Waals surface area contributed by atoms with E-state index in [1.165, 1.54) is 0 Å². The largest absolute Gasteiger partial charge is 0.445 e. The second-order valence-electron chi connectivity index (χ2n) is 5.64. The van der Waals surface area contributed by atoms with E-state index in [0.29, 0.717) is 13.0 Å². The maximum atomic E-state index is 11.8. The summed E-state index contributed by atoms with van der Waals surface area (Å²) in [6, 6.07) is 15.5. The van der Waals surface area contributed by atoms with E-state index in [0.717, 1.165) is 27.6 Å². The SMILES string of the molecule is Cl.NN=Cc1ccc2[nH]cc(CCNC(=O)OCc3ccccc3)c2c1.O. The Morgan fingerprint density at radius 2 is 2.00 bits per heavy atom. The number of ether oxygens (including phenoxy) is 1. The molecule has 0 atom stereocenters. The number of aromatic amines is 1. The Balaban J connectivity index is 0.00000182. The van der Waals surface area contributed by atoms with Crippen molar-refractivity contribution in [3.8, 4) is 0 Å². The van der Waals surface area contributed by atoms with Crippen molar-refractivity contribution in [1.82, 2.24) is 10.3 Å². The van der Waals surface area contributed by atoms with Gasteiger partial charge in [-0.15, -0.1) is 12.4 Å². The van der Waals surface area contributed by atoms with E-state index in [9.17, 15) is 4.79 Å². The lowest BCUT2D eigenvalue weighted by molar-refractivity contribution is 0.140. The summed E-state index contributed by atoms with van der Waals surface area (Å²) in [7, 11) is 0. The van der Waals surface area contributed by atoms with E-state index < -0.39 is 6.09 Å². The van der Waals surface area contributed by atoms with Crippen LogP contribution in [0.25, 0.3) is 10.9 Å². The highest BCUT2D eigenvalue weighted by atomic mass is 35.5. The first kappa shape index (κ1) is 22.0. The van der Waals surface area contributed by atoms with Gasteiger partial charge in [0.2, 0.25) is 0 Å². The molecule has 2 aromatic carbocycles. The number of nitrogens with one attached hydrogen (secondary N) is 2. The third kappa shape index (κ3) is 6.02. The lowest BCUT2D eigenvalue weighted by Crippen LogP contribution is -2.26. The number of hydrogen-bond acceptors (Lipinski definition) is 4. The van der Waals surface area contributed by atoms with Crippen LogP contribution in [0.15, 0.2) is 59.8 Å². The predicted octanol–water partition coefficient (Wildman–Crippen LogP) is 2.53. The molecule has 1 aromatic heterocycles. The average molecular weight is 391 g/mol. The maximum Gasteiger partial charge on any atom is 0.407 e. The van der Waals surface area contributed by atoms with Crippen LogP contribution >= 0.6 is 12.4 Å². The van der Waals surface area contributed by atoms with Gasteiger partial charge in [0.1, 0.15) is 6.61 Å². The minimum absolute atomic E-state index is 0. The number of rotatable bonds is 6. The fourth-order valence-electron chi connectivity index (χ4n) is 2.64. The van der Waals surface area contributed by atoms with Crippen LogP contribution in [0.3, 0.4) is 0 Å². The molecule has 3 rings (SSSR count). The van der Waals surface area contributed by atoms with Crippen LogP contribution in [0.4, 0.5) is 4.79 Å². The molecule has 27 heavy (non-hydrogen) atoms. The zero-order valence-corrected chi connectivity index (χ0v) is 15.5. The minimum atomic E-state index is -0.417. The van der Waals surface area contributed by atoms with Crippen LogP contribution in [0.1, 0.15) is 16.7 Å². The standard InChI is InChI=1S/C19H20N4O2.ClH.H2O/c20-23-11-15-6-7-18-17(10-15)16(12-22-18)8-9-21-19(24)25-13-14-4-2-1-3-5-14;;/h1-7,10-12,22H,8-9,13,20H2,(H,21,24);1H;1H2. The molecular weight excluding hydrogens is 368 g/mol. The normalized spacial score (nSPS) is 10.2. The topological polar surface area (TPSA) is 124 Å². The van der Waals surface area contributed by atoms with Crippen molar-refractivity contribution in [2.24, 2.45) is 10.9 Å². The number of hydrazone groups is 1. The second kappa shape index (κ2) is 10.8. The molecule has 7 nitrogen and oxygen atoms in total. The first-order valence-electron chi connectivity index (χ1n) is 8.04. The number of carbonyl (C=O) groups excluding carboxylic acids is 1. The van der Waals surface area contributed by atoms with Crippen molar-refractivity contribution in [3.05, 3.63) is 71.4 Å². The van der Waals surface area contributed by atoms with Crippen LogP contribution in [0, 0.1) is 0 Å². The fraction of sp³-hybridized carbons (Fsp3) is 0.158. The maximum absolute atomic E-state index is 11.8. The number of fused-ring (bicyclic) bond motifs is 1. The molecule has 0 aliphatic heterocycles. The van der Waals surface area contributed by atoms with Gasteiger partial charge in [0, 0.05) is 23.6 Å². The van der Waals surface area contributed by atoms with Gasteiger partial charge in [0.05, 0.1) is 6.21 Å². The van der Waals surface area contributed by atoms with Gasteiger partial charge in [-0.05, 0) is 35.2 Å². The molecule has 1 heterocycles. The first-order valence-corrected chi connectivity index (χ1v) is 8.04. The molecule has 0 unspecified atom stereocenters. The Morgan fingerprint density at radius 1 is 1.22 bits per heavy atom. The Kier molecular flexibility index (Phi) is 8.84. The van der Waals surface area contributed by atoms with Gasteiger partial charge in [0.25, 0.3) is 0 Å². The van der Waals surface area contributed by atoms with Gasteiger partial charge in [-0.2, -0.15) is 5.10 Å². The van der Waals surface area contributed by atoms with E-state index in [1.807, 2.05) is 54.7 Å². The highest BCUT2D eigenvalue weighted by Crippen LogP contribution is 2.19. The van der Waals surface area contributed by atoms with E-state index in [1.54, 1.807) is 6.21 Å². The molecule has 0 bridgehead atoms. The first-order chi connectivity index (χ1) is 12.3. The van der Waals surface area contributed by atoms with Crippen LogP contribution in [0.5, 0.6) is 0 Å². The summed E-state index contributed by atoms with van der Waals surface area (Å²) < 4.78 is 5.20. The predicted molar refractivity (Wildman–Crippen MR) is 109 cm³/mol. The number of nitrogens with zero attached hydrogens (tertiary/aromatic N) is 1. The Bertz CT molecular complexity index is 881. The van der Waals surface area contributed by atoms with E-state index in [-0.39, 0.29) is 24.5 Å². The number of amides is 1. The smallest absolute Gasteiger partial charge is 0.407 e. The molecule has 0 radical (unpaired) electrons. The molecular formula is C19H23ClN4O3. The quantitative estimate of drug-likeness (QED) is 0.340. The highest BCUT2D eigenvalue weighted by Gasteiger charge is 2.06. The van der Waals surface area contributed by atoms with Gasteiger partial charge in [-0.25, -0.2) is 4.79 Å². The van der Waals surface area contributed by atoms with Crippen molar-refractivity contribution in [2.45, 2.75) is 13.0 Å². The Hall–Kier alpha value is -3.03. The Labute approximate surface area is 163 Å². The molecule has 8 heteroatoms. The summed E-state index contributed by atoms with van der Waals surface area (Å²) >= 11 is 0. The molecule has 3 aromatic rings. The minimum Gasteiger partial charge on any atom is -0.445 e. The highest BCUT2D eigenvalue weighted by molar-refractivity contribution is 5.90. The Morgan fingerprint density at radius 3 is 2.74 bits per heavy atom.